The molecule has 3 rings (SSSR count). The van der Waals surface area contributed by atoms with Crippen LogP contribution in [0.15, 0.2) is 36.4 Å². The van der Waals surface area contributed by atoms with Crippen molar-refractivity contribution >= 4 is 17.3 Å². The maximum absolute atomic E-state index is 13.3. The van der Waals surface area contributed by atoms with E-state index < -0.39 is 0 Å². The SMILES string of the molecule is Cc1cc(F)cc(NC(=O)c2ccc3c(c2)NCC3)c1. The summed E-state index contributed by atoms with van der Waals surface area (Å²) in [5, 5.41) is 5.96. The number of aryl methyl sites for hydroxylation is 1. The Morgan fingerprint density at radius 1 is 1.25 bits per heavy atom. The molecule has 0 spiro atoms. The van der Waals surface area contributed by atoms with Crippen LogP contribution >= 0.6 is 0 Å². The molecule has 0 fully saturated rings. The van der Waals surface area contributed by atoms with E-state index >= 15 is 0 Å². The first-order chi connectivity index (χ1) is 9.61. The molecule has 0 atom stereocenters. The van der Waals surface area contributed by atoms with Crippen LogP contribution in [-0.4, -0.2) is 12.5 Å². The van der Waals surface area contributed by atoms with Crippen molar-refractivity contribution < 1.29 is 9.18 Å². The third kappa shape index (κ3) is 2.50. The molecule has 1 heterocycles. The number of hydrogen-bond acceptors (Lipinski definition) is 2. The van der Waals surface area contributed by atoms with E-state index in [0.29, 0.717) is 11.3 Å². The van der Waals surface area contributed by atoms with Crippen LogP contribution in [0.3, 0.4) is 0 Å². The Hall–Kier alpha value is -2.36. The van der Waals surface area contributed by atoms with E-state index in [1.165, 1.54) is 17.7 Å². The Balaban J connectivity index is 1.82. The van der Waals surface area contributed by atoms with Crippen LogP contribution in [0.1, 0.15) is 21.5 Å². The van der Waals surface area contributed by atoms with Gasteiger partial charge < -0.3 is 10.6 Å². The summed E-state index contributed by atoms with van der Waals surface area (Å²) < 4.78 is 13.3. The first-order valence-electron chi connectivity index (χ1n) is 6.57. The van der Waals surface area contributed by atoms with Crippen molar-refractivity contribution in [3.63, 3.8) is 0 Å². The molecule has 4 heteroatoms. The smallest absolute Gasteiger partial charge is 0.255 e. The fourth-order valence-electron chi connectivity index (χ4n) is 2.44. The van der Waals surface area contributed by atoms with E-state index in [2.05, 4.69) is 10.6 Å². The van der Waals surface area contributed by atoms with Crippen LogP contribution < -0.4 is 10.6 Å². The predicted octanol–water partition coefficient (Wildman–Crippen LogP) is 3.35. The minimum atomic E-state index is -0.351. The number of nitrogens with one attached hydrogen (secondary N) is 2. The first-order valence-corrected chi connectivity index (χ1v) is 6.57. The summed E-state index contributed by atoms with van der Waals surface area (Å²) in [5.41, 5.74) is 4.05. The molecule has 1 amide bonds. The van der Waals surface area contributed by atoms with Gasteiger partial charge in [-0.25, -0.2) is 4.39 Å². The van der Waals surface area contributed by atoms with Crippen molar-refractivity contribution in [2.45, 2.75) is 13.3 Å². The van der Waals surface area contributed by atoms with Crippen LogP contribution in [0.25, 0.3) is 0 Å². The van der Waals surface area contributed by atoms with Crippen LogP contribution in [0.4, 0.5) is 15.8 Å². The molecular formula is C16H15FN2O. The number of fused-ring (bicyclic) bond motifs is 1. The van der Waals surface area contributed by atoms with Gasteiger partial charge in [-0.3, -0.25) is 4.79 Å². The summed E-state index contributed by atoms with van der Waals surface area (Å²) in [6.45, 7) is 2.70. The molecular weight excluding hydrogens is 255 g/mol. The lowest BCUT2D eigenvalue weighted by Gasteiger charge is -2.08. The summed E-state index contributed by atoms with van der Waals surface area (Å²) in [6, 6.07) is 10.1. The molecule has 102 valence electrons. The monoisotopic (exact) mass is 270 g/mol. The van der Waals surface area contributed by atoms with Gasteiger partial charge in [-0.05, 0) is 54.8 Å². The van der Waals surface area contributed by atoms with Gasteiger partial charge in [0.15, 0.2) is 0 Å². The number of rotatable bonds is 2. The first kappa shape index (κ1) is 12.7. The summed E-state index contributed by atoms with van der Waals surface area (Å²) in [5.74, 6) is -0.581. The van der Waals surface area contributed by atoms with Crippen LogP contribution in [-0.2, 0) is 6.42 Å². The number of carbonyl (C=O) groups excluding carboxylic acids is 1. The molecule has 1 aliphatic rings. The highest BCUT2D eigenvalue weighted by atomic mass is 19.1. The van der Waals surface area contributed by atoms with Crippen LogP contribution in [0.2, 0.25) is 0 Å². The lowest BCUT2D eigenvalue weighted by Crippen LogP contribution is -2.12. The Morgan fingerprint density at radius 3 is 2.90 bits per heavy atom. The van der Waals surface area contributed by atoms with Crippen molar-refractivity contribution in [1.29, 1.82) is 0 Å². The number of carbonyl (C=O) groups is 1. The lowest BCUT2D eigenvalue weighted by molar-refractivity contribution is 0.102. The zero-order valence-electron chi connectivity index (χ0n) is 11.2. The molecule has 0 aliphatic carbocycles. The van der Waals surface area contributed by atoms with Gasteiger partial charge in [0.1, 0.15) is 5.82 Å². The van der Waals surface area contributed by atoms with Gasteiger partial charge in [0.2, 0.25) is 0 Å². The normalized spacial score (nSPS) is 12.7. The van der Waals surface area contributed by atoms with Gasteiger partial charge >= 0.3 is 0 Å². The molecule has 0 aromatic heterocycles. The predicted molar refractivity (Wildman–Crippen MR) is 77.7 cm³/mol. The Labute approximate surface area is 116 Å². The molecule has 0 bridgehead atoms. The number of benzene rings is 2. The molecule has 0 saturated heterocycles. The fraction of sp³-hybridized carbons (Fsp3) is 0.188. The second kappa shape index (κ2) is 4.96. The van der Waals surface area contributed by atoms with Crippen molar-refractivity contribution in [3.8, 4) is 0 Å². The molecule has 1 aliphatic heterocycles. The molecule has 20 heavy (non-hydrogen) atoms. The second-order valence-corrected chi connectivity index (χ2v) is 5.02. The highest BCUT2D eigenvalue weighted by Crippen LogP contribution is 2.24. The van der Waals surface area contributed by atoms with Crippen molar-refractivity contribution in [2.75, 3.05) is 17.2 Å². The molecule has 2 N–H and O–H groups in total. The standard InChI is InChI=1S/C16H15FN2O/c1-10-6-13(17)9-14(7-10)19-16(20)12-3-2-11-4-5-18-15(11)8-12/h2-3,6-9,18H,4-5H2,1H3,(H,19,20). The van der Waals surface area contributed by atoms with E-state index in [1.807, 2.05) is 12.1 Å². The Bertz CT molecular complexity index is 662. The molecule has 3 nitrogen and oxygen atoms in total. The highest BCUT2D eigenvalue weighted by Gasteiger charge is 2.13. The van der Waals surface area contributed by atoms with Crippen LogP contribution in [0.5, 0.6) is 0 Å². The topological polar surface area (TPSA) is 41.1 Å². The summed E-state index contributed by atoms with van der Waals surface area (Å²) in [4.78, 5) is 12.2. The zero-order chi connectivity index (χ0) is 14.1. The molecule has 2 aromatic carbocycles. The third-order valence-electron chi connectivity index (χ3n) is 3.38. The second-order valence-electron chi connectivity index (χ2n) is 5.02. The van der Waals surface area contributed by atoms with Gasteiger partial charge in [0.25, 0.3) is 5.91 Å². The molecule has 2 aromatic rings. The minimum Gasteiger partial charge on any atom is -0.384 e. The molecule has 0 radical (unpaired) electrons. The summed E-state index contributed by atoms with van der Waals surface area (Å²) in [6.07, 6.45) is 0.986. The Kier molecular flexibility index (Phi) is 3.14. The number of hydrogen-bond donors (Lipinski definition) is 2. The van der Waals surface area contributed by atoms with Gasteiger partial charge in [-0.2, -0.15) is 0 Å². The van der Waals surface area contributed by atoms with Crippen molar-refractivity contribution in [3.05, 3.63) is 58.9 Å². The molecule has 0 unspecified atom stereocenters. The van der Waals surface area contributed by atoms with Gasteiger partial charge in [-0.15, -0.1) is 0 Å². The number of anilines is 2. The Morgan fingerprint density at radius 2 is 2.10 bits per heavy atom. The fourth-order valence-corrected chi connectivity index (χ4v) is 2.44. The van der Waals surface area contributed by atoms with Crippen LogP contribution in [0, 0.1) is 12.7 Å². The minimum absolute atomic E-state index is 0.230. The number of amides is 1. The van der Waals surface area contributed by atoms with Gasteiger partial charge in [-0.1, -0.05) is 6.07 Å². The van der Waals surface area contributed by atoms with Crippen molar-refractivity contribution in [1.82, 2.24) is 0 Å². The largest absolute Gasteiger partial charge is 0.384 e. The summed E-state index contributed by atoms with van der Waals surface area (Å²) in [7, 11) is 0. The number of halogens is 1. The van der Waals surface area contributed by atoms with E-state index in [9.17, 15) is 9.18 Å². The van der Waals surface area contributed by atoms with Gasteiger partial charge in [0.05, 0.1) is 0 Å². The maximum atomic E-state index is 13.3. The summed E-state index contributed by atoms with van der Waals surface area (Å²) >= 11 is 0. The average molecular weight is 270 g/mol. The highest BCUT2D eigenvalue weighted by molar-refractivity contribution is 6.05. The quantitative estimate of drug-likeness (QED) is 0.878. The average Bonchev–Trinajstić information content (AvgIpc) is 2.84. The zero-order valence-corrected chi connectivity index (χ0v) is 11.2. The van der Waals surface area contributed by atoms with Crippen molar-refractivity contribution in [2.24, 2.45) is 0 Å². The van der Waals surface area contributed by atoms with E-state index in [4.69, 9.17) is 0 Å². The van der Waals surface area contributed by atoms with E-state index in [0.717, 1.165) is 24.2 Å². The maximum Gasteiger partial charge on any atom is 0.255 e. The van der Waals surface area contributed by atoms with Gasteiger partial charge in [0, 0.05) is 23.5 Å². The third-order valence-corrected chi connectivity index (χ3v) is 3.38. The van der Waals surface area contributed by atoms with E-state index in [-0.39, 0.29) is 11.7 Å². The lowest BCUT2D eigenvalue weighted by atomic mass is 10.1. The molecule has 0 saturated carbocycles. The van der Waals surface area contributed by atoms with E-state index in [1.54, 1.807) is 19.1 Å².